The Morgan fingerprint density at radius 3 is 2.75 bits per heavy atom. The van der Waals surface area contributed by atoms with E-state index in [2.05, 4.69) is 5.32 Å². The van der Waals surface area contributed by atoms with Crippen LogP contribution in [0.5, 0.6) is 11.5 Å². The van der Waals surface area contributed by atoms with Gasteiger partial charge in [-0.25, -0.2) is 9.18 Å². The minimum atomic E-state index is -0.440. The summed E-state index contributed by atoms with van der Waals surface area (Å²) in [5, 5.41) is 2.66. The maximum atomic E-state index is 13.7. The van der Waals surface area contributed by atoms with Crippen LogP contribution in [0.3, 0.4) is 0 Å². The van der Waals surface area contributed by atoms with Crippen LogP contribution >= 0.6 is 0 Å². The quantitative estimate of drug-likeness (QED) is 0.930. The molecule has 4 rings (SSSR count). The highest BCUT2D eigenvalue weighted by Gasteiger charge is 2.33. The van der Waals surface area contributed by atoms with E-state index in [0.29, 0.717) is 18.0 Å². The second kappa shape index (κ2) is 6.03. The zero-order valence-corrected chi connectivity index (χ0v) is 13.0. The van der Waals surface area contributed by atoms with Crippen LogP contribution in [0.25, 0.3) is 0 Å². The van der Waals surface area contributed by atoms with Crippen LogP contribution < -0.4 is 14.8 Å². The number of hydrogen-bond acceptors (Lipinski definition) is 3. The highest BCUT2D eigenvalue weighted by Crippen LogP contribution is 2.34. The molecular weight excluding hydrogens is 311 g/mol. The van der Waals surface area contributed by atoms with E-state index in [-0.39, 0.29) is 24.6 Å². The molecule has 0 spiro atoms. The van der Waals surface area contributed by atoms with Crippen LogP contribution in [0, 0.1) is 5.82 Å². The lowest BCUT2D eigenvalue weighted by Crippen LogP contribution is -2.36. The van der Waals surface area contributed by atoms with Gasteiger partial charge in [-0.3, -0.25) is 0 Å². The number of nitrogens with one attached hydrogen (secondary N) is 1. The average molecular weight is 328 g/mol. The number of rotatable bonds is 4. The molecule has 2 aliphatic rings. The molecule has 124 valence electrons. The van der Waals surface area contributed by atoms with Crippen molar-refractivity contribution in [2.45, 2.75) is 25.4 Å². The largest absolute Gasteiger partial charge is 0.454 e. The van der Waals surface area contributed by atoms with Crippen molar-refractivity contribution in [2.24, 2.45) is 0 Å². The minimum Gasteiger partial charge on any atom is -0.454 e. The van der Waals surface area contributed by atoms with Gasteiger partial charge in [0, 0.05) is 12.6 Å². The monoisotopic (exact) mass is 328 g/mol. The van der Waals surface area contributed by atoms with Gasteiger partial charge >= 0.3 is 6.03 Å². The topological polar surface area (TPSA) is 50.8 Å². The highest BCUT2D eigenvalue weighted by molar-refractivity contribution is 5.89. The van der Waals surface area contributed by atoms with Gasteiger partial charge in [0.25, 0.3) is 0 Å². The molecule has 1 saturated carbocycles. The van der Waals surface area contributed by atoms with Gasteiger partial charge in [-0.2, -0.15) is 0 Å². The van der Waals surface area contributed by atoms with E-state index in [0.717, 1.165) is 18.4 Å². The molecule has 2 aromatic carbocycles. The summed E-state index contributed by atoms with van der Waals surface area (Å²) in [5.41, 5.74) is 1.15. The number of hydrogen-bond donors (Lipinski definition) is 1. The number of amides is 2. The van der Waals surface area contributed by atoms with Gasteiger partial charge in [0.05, 0.1) is 5.69 Å². The Bertz CT molecular complexity index is 777. The molecule has 1 N–H and O–H groups in total. The van der Waals surface area contributed by atoms with Crippen LogP contribution in [-0.2, 0) is 6.54 Å². The van der Waals surface area contributed by atoms with Gasteiger partial charge in [-0.1, -0.05) is 18.2 Å². The van der Waals surface area contributed by atoms with Crippen molar-refractivity contribution < 1.29 is 18.7 Å². The fourth-order valence-corrected chi connectivity index (χ4v) is 2.74. The number of nitrogens with zero attached hydrogens (tertiary/aromatic N) is 1. The molecule has 2 aromatic rings. The Morgan fingerprint density at radius 1 is 1.17 bits per heavy atom. The van der Waals surface area contributed by atoms with E-state index < -0.39 is 5.82 Å². The standard InChI is InChI=1S/C18H17FN2O3/c19-14-3-1-2-4-15(14)20-18(22)21(13-6-7-13)10-12-5-8-16-17(9-12)24-11-23-16/h1-5,8-9,13H,6-7,10-11H2,(H,20,22). The predicted molar refractivity (Wildman–Crippen MR) is 86.5 cm³/mol. The Labute approximate surface area is 139 Å². The molecule has 0 aromatic heterocycles. The van der Waals surface area contributed by atoms with Crippen LogP contribution in [0.1, 0.15) is 18.4 Å². The lowest BCUT2D eigenvalue weighted by Gasteiger charge is -2.23. The third kappa shape index (κ3) is 2.99. The van der Waals surface area contributed by atoms with Crippen molar-refractivity contribution in [2.75, 3.05) is 12.1 Å². The zero-order valence-electron chi connectivity index (χ0n) is 13.0. The SMILES string of the molecule is O=C(Nc1ccccc1F)N(Cc1ccc2c(c1)OCO2)C1CC1. The molecule has 0 radical (unpaired) electrons. The van der Waals surface area contributed by atoms with Crippen LogP contribution in [0.4, 0.5) is 14.9 Å². The fourth-order valence-electron chi connectivity index (χ4n) is 2.74. The summed E-state index contributed by atoms with van der Waals surface area (Å²) in [7, 11) is 0. The Morgan fingerprint density at radius 2 is 1.96 bits per heavy atom. The van der Waals surface area contributed by atoms with Gasteiger partial charge in [0.1, 0.15) is 5.82 Å². The average Bonchev–Trinajstić information content (AvgIpc) is 3.31. The summed E-state index contributed by atoms with van der Waals surface area (Å²) in [5.74, 6) is 0.968. The Kier molecular flexibility index (Phi) is 3.72. The summed E-state index contributed by atoms with van der Waals surface area (Å²) < 4.78 is 24.4. The van der Waals surface area contributed by atoms with Gasteiger partial charge in [-0.05, 0) is 42.7 Å². The van der Waals surface area contributed by atoms with Crippen LogP contribution in [0.15, 0.2) is 42.5 Å². The van der Waals surface area contributed by atoms with E-state index in [9.17, 15) is 9.18 Å². The third-order valence-corrected chi connectivity index (χ3v) is 4.15. The molecule has 1 fully saturated rings. The van der Waals surface area contributed by atoms with Crippen LogP contribution in [-0.4, -0.2) is 23.8 Å². The van der Waals surface area contributed by atoms with Crippen molar-refractivity contribution in [1.29, 1.82) is 0 Å². The van der Waals surface area contributed by atoms with Crippen molar-refractivity contribution in [3.8, 4) is 11.5 Å². The molecule has 0 atom stereocenters. The number of halogens is 1. The number of para-hydroxylation sites is 1. The molecule has 0 bridgehead atoms. The lowest BCUT2D eigenvalue weighted by molar-refractivity contribution is 0.174. The van der Waals surface area contributed by atoms with Gasteiger partial charge in [-0.15, -0.1) is 0 Å². The molecule has 1 heterocycles. The number of carbonyl (C=O) groups excluding carboxylic acids is 1. The summed E-state index contributed by atoms with van der Waals surface area (Å²) in [6, 6.07) is 11.7. The van der Waals surface area contributed by atoms with Crippen molar-refractivity contribution in [3.05, 3.63) is 53.8 Å². The van der Waals surface area contributed by atoms with Crippen LogP contribution in [0.2, 0.25) is 0 Å². The number of anilines is 1. The second-order valence-electron chi connectivity index (χ2n) is 5.96. The second-order valence-corrected chi connectivity index (χ2v) is 5.96. The maximum Gasteiger partial charge on any atom is 0.322 e. The Balaban J connectivity index is 1.50. The van der Waals surface area contributed by atoms with E-state index in [1.807, 2.05) is 18.2 Å². The van der Waals surface area contributed by atoms with E-state index >= 15 is 0 Å². The first-order valence-electron chi connectivity index (χ1n) is 7.91. The molecule has 0 unspecified atom stereocenters. The Hall–Kier alpha value is -2.76. The van der Waals surface area contributed by atoms with Crippen molar-refractivity contribution in [1.82, 2.24) is 4.90 Å². The summed E-state index contributed by atoms with van der Waals surface area (Å²) >= 11 is 0. The number of carbonyl (C=O) groups is 1. The fraction of sp³-hybridized carbons (Fsp3) is 0.278. The van der Waals surface area contributed by atoms with E-state index in [1.165, 1.54) is 6.07 Å². The molecule has 0 saturated heterocycles. The predicted octanol–water partition coefficient (Wildman–Crippen LogP) is 3.75. The van der Waals surface area contributed by atoms with Crippen molar-refractivity contribution in [3.63, 3.8) is 0 Å². The molecule has 5 nitrogen and oxygen atoms in total. The molecule has 2 amide bonds. The molecule has 6 heteroatoms. The number of ether oxygens (including phenoxy) is 2. The first-order chi connectivity index (χ1) is 11.7. The molecule has 1 aliphatic heterocycles. The number of urea groups is 1. The van der Waals surface area contributed by atoms with Gasteiger partial charge in [0.2, 0.25) is 6.79 Å². The molecule has 1 aliphatic carbocycles. The maximum absolute atomic E-state index is 13.7. The minimum absolute atomic E-state index is 0.193. The smallest absolute Gasteiger partial charge is 0.322 e. The highest BCUT2D eigenvalue weighted by atomic mass is 19.1. The molecular formula is C18H17FN2O3. The third-order valence-electron chi connectivity index (χ3n) is 4.15. The summed E-state index contributed by atoms with van der Waals surface area (Å²) in [6.07, 6.45) is 1.94. The van der Waals surface area contributed by atoms with Crippen molar-refractivity contribution >= 4 is 11.7 Å². The number of fused-ring (bicyclic) bond motifs is 1. The first kappa shape index (κ1) is 14.8. The van der Waals surface area contributed by atoms with E-state index in [4.69, 9.17) is 9.47 Å². The molecule has 24 heavy (non-hydrogen) atoms. The number of benzene rings is 2. The van der Waals surface area contributed by atoms with Gasteiger partial charge in [0.15, 0.2) is 11.5 Å². The summed E-state index contributed by atoms with van der Waals surface area (Å²) in [6.45, 7) is 0.667. The lowest BCUT2D eigenvalue weighted by atomic mass is 10.2. The zero-order chi connectivity index (χ0) is 16.5. The normalized spacial score (nSPS) is 15.2. The first-order valence-corrected chi connectivity index (χ1v) is 7.91. The summed E-state index contributed by atoms with van der Waals surface area (Å²) in [4.78, 5) is 14.3. The van der Waals surface area contributed by atoms with E-state index in [1.54, 1.807) is 23.1 Å². The van der Waals surface area contributed by atoms with Gasteiger partial charge < -0.3 is 19.7 Å².